The molecule has 1 atom stereocenters. The van der Waals surface area contributed by atoms with Crippen LogP contribution in [0.15, 0.2) is 66.4 Å². The van der Waals surface area contributed by atoms with Crippen LogP contribution in [0.1, 0.15) is 22.9 Å². The maximum atomic E-state index is 14.5. The first-order chi connectivity index (χ1) is 14.8. The number of ketones is 1. The highest BCUT2D eigenvalue weighted by molar-refractivity contribution is 6.51. The summed E-state index contributed by atoms with van der Waals surface area (Å²) in [5.74, 6) is -5.08. The summed E-state index contributed by atoms with van der Waals surface area (Å²) in [4.78, 5) is 30.7. The maximum Gasteiger partial charge on any atom is 0.300 e. The zero-order chi connectivity index (χ0) is 22.3. The molecule has 0 spiro atoms. The summed E-state index contributed by atoms with van der Waals surface area (Å²) in [5, 5.41) is 10.9. The Bertz CT molecular complexity index is 1240. The number of rotatable bonds is 3. The van der Waals surface area contributed by atoms with Gasteiger partial charge in [0.2, 0.25) is 0 Å². The molecule has 0 bridgehead atoms. The van der Waals surface area contributed by atoms with E-state index in [1.54, 1.807) is 12.1 Å². The topological polar surface area (TPSA) is 70.5 Å². The number of halogens is 3. The second-order valence-electron chi connectivity index (χ2n) is 6.98. The first kappa shape index (κ1) is 20.3. The molecule has 3 aromatic rings. The number of Topliss-reactive ketones (excluding diaryl/α,β-unsaturated/α-hetero) is 1. The Hall–Kier alpha value is -3.94. The lowest BCUT2D eigenvalue weighted by molar-refractivity contribution is -0.132. The molecular formula is C23H15F3N2O3. The maximum absolute atomic E-state index is 14.5. The molecule has 1 unspecified atom stereocenters. The van der Waals surface area contributed by atoms with E-state index in [-0.39, 0.29) is 22.4 Å². The fraction of sp³-hybridized carbons (Fsp3) is 0.0870. The Morgan fingerprint density at radius 2 is 1.74 bits per heavy atom. The number of hydrogen-bond donors (Lipinski definition) is 1. The van der Waals surface area contributed by atoms with Crippen molar-refractivity contribution in [3.8, 4) is 0 Å². The highest BCUT2D eigenvalue weighted by atomic mass is 19.1. The van der Waals surface area contributed by atoms with E-state index in [1.165, 1.54) is 31.3 Å². The SMILES string of the molecule is Cc1cc(/C(O)=C2\C(=O)C(=O)N(c3cc(F)ccc3F)C2c2ccccn2)ccc1F. The number of hydrogen-bond acceptors (Lipinski definition) is 4. The van der Waals surface area contributed by atoms with Gasteiger partial charge in [-0.05, 0) is 55.0 Å². The van der Waals surface area contributed by atoms with Crippen LogP contribution in [0.25, 0.3) is 5.76 Å². The number of amides is 1. The molecule has 1 aromatic heterocycles. The van der Waals surface area contributed by atoms with Gasteiger partial charge in [0.1, 0.15) is 29.3 Å². The predicted octanol–water partition coefficient (Wildman–Crippen LogP) is 4.43. The average molecular weight is 424 g/mol. The van der Waals surface area contributed by atoms with E-state index in [4.69, 9.17) is 0 Å². The van der Waals surface area contributed by atoms with Gasteiger partial charge in [0.25, 0.3) is 11.7 Å². The minimum absolute atomic E-state index is 0.0949. The Balaban J connectivity index is 1.98. The molecule has 1 fully saturated rings. The van der Waals surface area contributed by atoms with Gasteiger partial charge < -0.3 is 5.11 Å². The van der Waals surface area contributed by atoms with Crippen LogP contribution in [0.3, 0.4) is 0 Å². The highest BCUT2D eigenvalue weighted by Gasteiger charge is 2.48. The summed E-state index contributed by atoms with van der Waals surface area (Å²) in [6.45, 7) is 1.48. The number of carbonyl (C=O) groups is 2. The Kier molecular flexibility index (Phi) is 5.06. The van der Waals surface area contributed by atoms with Gasteiger partial charge in [-0.2, -0.15) is 0 Å². The first-order valence-corrected chi connectivity index (χ1v) is 9.23. The Labute approximate surface area is 175 Å². The van der Waals surface area contributed by atoms with Crippen molar-refractivity contribution < 1.29 is 27.9 Å². The van der Waals surface area contributed by atoms with Crippen LogP contribution in [0.5, 0.6) is 0 Å². The number of benzene rings is 2. The number of nitrogens with zero attached hydrogens (tertiary/aromatic N) is 2. The van der Waals surface area contributed by atoms with Crippen LogP contribution in [-0.2, 0) is 9.59 Å². The molecule has 5 nitrogen and oxygen atoms in total. The number of aromatic nitrogens is 1. The summed E-state index contributed by atoms with van der Waals surface area (Å²) in [7, 11) is 0. The minimum atomic E-state index is -1.32. The monoisotopic (exact) mass is 424 g/mol. The third-order valence-electron chi connectivity index (χ3n) is 5.01. The van der Waals surface area contributed by atoms with Crippen molar-refractivity contribution in [2.75, 3.05) is 4.90 Å². The molecule has 0 saturated carbocycles. The van der Waals surface area contributed by atoms with E-state index >= 15 is 0 Å². The third-order valence-corrected chi connectivity index (χ3v) is 5.01. The van der Waals surface area contributed by atoms with Gasteiger partial charge in [0.15, 0.2) is 0 Å². The van der Waals surface area contributed by atoms with Gasteiger partial charge in [-0.25, -0.2) is 13.2 Å². The molecule has 1 amide bonds. The average Bonchev–Trinajstić information content (AvgIpc) is 3.02. The lowest BCUT2D eigenvalue weighted by Gasteiger charge is -2.25. The minimum Gasteiger partial charge on any atom is -0.507 e. The first-order valence-electron chi connectivity index (χ1n) is 9.23. The zero-order valence-electron chi connectivity index (χ0n) is 16.1. The molecular weight excluding hydrogens is 409 g/mol. The normalized spacial score (nSPS) is 17.9. The summed E-state index contributed by atoms with van der Waals surface area (Å²) in [5.41, 5.74) is -0.363. The van der Waals surface area contributed by atoms with Gasteiger partial charge in [0.05, 0.1) is 17.0 Å². The van der Waals surface area contributed by atoms with E-state index in [9.17, 15) is 27.9 Å². The van der Waals surface area contributed by atoms with Gasteiger partial charge in [-0.15, -0.1) is 0 Å². The highest BCUT2D eigenvalue weighted by Crippen LogP contribution is 2.42. The molecule has 1 saturated heterocycles. The van der Waals surface area contributed by atoms with Crippen molar-refractivity contribution in [2.45, 2.75) is 13.0 Å². The number of carbonyl (C=O) groups excluding carboxylic acids is 2. The van der Waals surface area contributed by atoms with Crippen molar-refractivity contribution >= 4 is 23.1 Å². The largest absolute Gasteiger partial charge is 0.507 e. The van der Waals surface area contributed by atoms with Crippen LogP contribution in [0, 0.1) is 24.4 Å². The van der Waals surface area contributed by atoms with Crippen molar-refractivity contribution in [1.29, 1.82) is 0 Å². The molecule has 2 heterocycles. The number of anilines is 1. The zero-order valence-corrected chi connectivity index (χ0v) is 16.1. The Morgan fingerprint density at radius 3 is 2.42 bits per heavy atom. The van der Waals surface area contributed by atoms with Crippen LogP contribution in [0.2, 0.25) is 0 Å². The molecule has 8 heteroatoms. The lowest BCUT2D eigenvalue weighted by atomic mass is 9.97. The van der Waals surface area contributed by atoms with Crippen LogP contribution < -0.4 is 4.90 Å². The molecule has 31 heavy (non-hydrogen) atoms. The van der Waals surface area contributed by atoms with Crippen molar-refractivity contribution in [3.05, 3.63) is 101 Å². The van der Waals surface area contributed by atoms with E-state index in [1.807, 2.05) is 0 Å². The molecule has 0 radical (unpaired) electrons. The van der Waals surface area contributed by atoms with Gasteiger partial charge in [0, 0.05) is 17.8 Å². The molecule has 0 aliphatic carbocycles. The van der Waals surface area contributed by atoms with Crippen LogP contribution >= 0.6 is 0 Å². The van der Waals surface area contributed by atoms with Gasteiger partial charge >= 0.3 is 0 Å². The number of aliphatic hydroxyl groups is 1. The van der Waals surface area contributed by atoms with Crippen molar-refractivity contribution in [2.24, 2.45) is 0 Å². The second-order valence-corrected chi connectivity index (χ2v) is 6.98. The van der Waals surface area contributed by atoms with Crippen LogP contribution in [0.4, 0.5) is 18.9 Å². The van der Waals surface area contributed by atoms with E-state index in [0.29, 0.717) is 0 Å². The summed E-state index contributed by atoms with van der Waals surface area (Å²) in [6.07, 6.45) is 1.40. The quantitative estimate of drug-likeness (QED) is 0.384. The molecule has 1 aliphatic heterocycles. The molecule has 156 valence electrons. The standard InChI is InChI=1S/C23H15F3N2O3/c1-12-10-13(5-7-15(12)25)21(29)19-20(17-4-2-3-9-27-17)28(23(31)22(19)30)18-11-14(24)6-8-16(18)26/h2-11,20,29H,1H3/b21-19+. The number of aryl methyl sites for hydroxylation is 1. The molecule has 1 aliphatic rings. The van der Waals surface area contributed by atoms with Gasteiger partial charge in [-0.1, -0.05) is 6.07 Å². The van der Waals surface area contributed by atoms with E-state index < -0.39 is 46.6 Å². The fourth-order valence-corrected chi connectivity index (χ4v) is 3.52. The summed E-state index contributed by atoms with van der Waals surface area (Å²) < 4.78 is 42.1. The fourth-order valence-electron chi connectivity index (χ4n) is 3.52. The van der Waals surface area contributed by atoms with E-state index in [2.05, 4.69) is 4.98 Å². The lowest BCUT2D eigenvalue weighted by Crippen LogP contribution is -2.30. The molecule has 1 N–H and O–H groups in total. The van der Waals surface area contributed by atoms with E-state index in [0.717, 1.165) is 29.2 Å². The predicted molar refractivity (Wildman–Crippen MR) is 107 cm³/mol. The number of aliphatic hydroxyl groups excluding tert-OH is 1. The number of pyridine rings is 1. The smallest absolute Gasteiger partial charge is 0.300 e. The van der Waals surface area contributed by atoms with Crippen molar-refractivity contribution in [1.82, 2.24) is 4.98 Å². The van der Waals surface area contributed by atoms with Crippen LogP contribution in [-0.4, -0.2) is 21.8 Å². The summed E-state index contributed by atoms with van der Waals surface area (Å²) >= 11 is 0. The third kappa shape index (κ3) is 3.46. The van der Waals surface area contributed by atoms with Gasteiger partial charge in [-0.3, -0.25) is 19.5 Å². The molecule has 2 aromatic carbocycles. The van der Waals surface area contributed by atoms with Crippen molar-refractivity contribution in [3.63, 3.8) is 0 Å². The summed E-state index contributed by atoms with van der Waals surface area (Å²) in [6, 6.07) is 9.55. The Morgan fingerprint density at radius 1 is 1.00 bits per heavy atom. The molecule has 4 rings (SSSR count). The second kappa shape index (κ2) is 7.71.